The maximum Gasteiger partial charge on any atom is 0.240 e. The summed E-state index contributed by atoms with van der Waals surface area (Å²) < 4.78 is 0. The second-order valence-corrected chi connectivity index (χ2v) is 8.77. The number of fused-ring (bicyclic) bond motifs is 5. The minimum atomic E-state index is -0.848. The van der Waals surface area contributed by atoms with E-state index in [9.17, 15) is 14.4 Å². The van der Waals surface area contributed by atoms with Crippen molar-refractivity contribution in [1.82, 2.24) is 5.01 Å². The minimum Gasteiger partial charge on any atom is -0.292 e. The van der Waals surface area contributed by atoms with Crippen LogP contribution in [0, 0.1) is 18.8 Å². The number of hydrogen-bond acceptors (Lipinski definition) is 5. The van der Waals surface area contributed by atoms with Gasteiger partial charge in [-0.25, -0.2) is 4.90 Å². The average molecular weight is 435 g/mol. The van der Waals surface area contributed by atoms with E-state index in [-0.39, 0.29) is 17.6 Å². The Kier molecular flexibility index (Phi) is 4.30. The molecule has 3 heterocycles. The molecule has 2 amide bonds. The fraction of sp³-hybridized carbons (Fsp3) is 0.185. The van der Waals surface area contributed by atoms with Crippen LogP contribution in [0.1, 0.15) is 33.1 Å². The number of hydrogen-bond donors (Lipinski definition) is 0. The molecule has 3 aromatic carbocycles. The van der Waals surface area contributed by atoms with Crippen LogP contribution in [0.3, 0.4) is 0 Å². The van der Waals surface area contributed by atoms with E-state index < -0.39 is 23.9 Å². The molecule has 3 aromatic rings. The maximum absolute atomic E-state index is 13.8. The molecule has 162 valence electrons. The number of nitrogens with zero attached hydrogens (tertiary/aromatic N) is 3. The second-order valence-electron chi connectivity index (χ2n) is 8.77. The summed E-state index contributed by atoms with van der Waals surface area (Å²) in [6, 6.07) is 22.6. The first-order valence-corrected chi connectivity index (χ1v) is 11.0. The fourth-order valence-electron chi connectivity index (χ4n) is 5.39. The molecule has 33 heavy (non-hydrogen) atoms. The van der Waals surface area contributed by atoms with Crippen molar-refractivity contribution in [2.24, 2.45) is 16.9 Å². The normalized spacial score (nSPS) is 25.1. The average Bonchev–Trinajstić information content (AvgIpc) is 3.32. The van der Waals surface area contributed by atoms with E-state index >= 15 is 0 Å². The predicted octanol–water partition coefficient (Wildman–Crippen LogP) is 3.76. The highest BCUT2D eigenvalue weighted by Gasteiger charge is 2.65. The zero-order chi connectivity index (χ0) is 22.7. The summed E-state index contributed by atoms with van der Waals surface area (Å²) in [5.74, 6) is -2.31. The summed E-state index contributed by atoms with van der Waals surface area (Å²) in [6.45, 7) is 1.95. The van der Waals surface area contributed by atoms with Gasteiger partial charge in [-0.1, -0.05) is 72.3 Å². The highest BCUT2D eigenvalue weighted by Crippen LogP contribution is 2.53. The summed E-state index contributed by atoms with van der Waals surface area (Å²) in [5, 5.41) is 6.28. The van der Waals surface area contributed by atoms with Gasteiger partial charge in [0.25, 0.3) is 0 Å². The molecular weight excluding hydrogens is 414 g/mol. The lowest BCUT2D eigenvalue weighted by molar-refractivity contribution is -0.124. The van der Waals surface area contributed by atoms with Gasteiger partial charge in [0.15, 0.2) is 5.78 Å². The fourth-order valence-corrected chi connectivity index (χ4v) is 5.39. The van der Waals surface area contributed by atoms with Gasteiger partial charge in [-0.2, -0.15) is 5.10 Å². The van der Waals surface area contributed by atoms with Crippen LogP contribution in [-0.4, -0.2) is 34.9 Å². The van der Waals surface area contributed by atoms with Gasteiger partial charge < -0.3 is 0 Å². The third-order valence-corrected chi connectivity index (χ3v) is 6.91. The molecule has 2 saturated heterocycles. The number of imide groups is 1. The smallest absolute Gasteiger partial charge is 0.240 e. The second kappa shape index (κ2) is 7.24. The van der Waals surface area contributed by atoms with E-state index in [1.165, 1.54) is 4.90 Å². The van der Waals surface area contributed by atoms with E-state index in [1.54, 1.807) is 47.6 Å². The highest BCUT2D eigenvalue weighted by molar-refractivity contribution is 6.24. The van der Waals surface area contributed by atoms with Gasteiger partial charge in [0.2, 0.25) is 11.8 Å². The van der Waals surface area contributed by atoms with Crippen molar-refractivity contribution >= 4 is 29.5 Å². The van der Waals surface area contributed by atoms with Gasteiger partial charge in [0.1, 0.15) is 6.04 Å². The molecule has 0 saturated carbocycles. The maximum atomic E-state index is 13.8. The van der Waals surface area contributed by atoms with Crippen molar-refractivity contribution in [3.8, 4) is 0 Å². The molecule has 0 N–H and O–H groups in total. The van der Waals surface area contributed by atoms with Crippen LogP contribution >= 0.6 is 0 Å². The molecule has 6 rings (SSSR count). The first-order chi connectivity index (χ1) is 16.1. The van der Waals surface area contributed by atoms with Crippen LogP contribution in [0.4, 0.5) is 5.69 Å². The zero-order valence-corrected chi connectivity index (χ0v) is 18.0. The molecule has 0 bridgehead atoms. The molecule has 0 radical (unpaired) electrons. The van der Waals surface area contributed by atoms with Crippen LogP contribution < -0.4 is 4.90 Å². The first-order valence-electron chi connectivity index (χ1n) is 11.0. The monoisotopic (exact) mass is 435 g/mol. The molecule has 4 atom stereocenters. The van der Waals surface area contributed by atoms with Gasteiger partial charge in [-0.05, 0) is 30.2 Å². The molecule has 6 nitrogen and oxygen atoms in total. The molecule has 0 aliphatic carbocycles. The van der Waals surface area contributed by atoms with Crippen molar-refractivity contribution in [3.05, 3.63) is 101 Å². The number of hydrazone groups is 1. The van der Waals surface area contributed by atoms with Gasteiger partial charge in [0.05, 0.1) is 29.8 Å². The number of Topliss-reactive ketones (excluding diaryl/α,β-unsaturated/α-hetero) is 1. The topological polar surface area (TPSA) is 70.1 Å². The number of carbonyl (C=O) groups excluding carboxylic acids is 3. The van der Waals surface area contributed by atoms with Gasteiger partial charge in [0, 0.05) is 5.56 Å². The van der Waals surface area contributed by atoms with Crippen molar-refractivity contribution in [3.63, 3.8) is 0 Å². The summed E-state index contributed by atoms with van der Waals surface area (Å²) in [7, 11) is 0. The lowest BCUT2D eigenvalue weighted by Gasteiger charge is -2.33. The van der Waals surface area contributed by atoms with Crippen molar-refractivity contribution in [2.45, 2.75) is 19.0 Å². The number of anilines is 1. The van der Waals surface area contributed by atoms with Crippen LogP contribution in [0.5, 0.6) is 0 Å². The van der Waals surface area contributed by atoms with Crippen LogP contribution in [0.25, 0.3) is 0 Å². The Hall–Kier alpha value is -4.06. The van der Waals surface area contributed by atoms with Gasteiger partial charge in [-0.3, -0.25) is 19.4 Å². The highest BCUT2D eigenvalue weighted by atomic mass is 16.2. The molecule has 3 aliphatic heterocycles. The van der Waals surface area contributed by atoms with E-state index in [4.69, 9.17) is 0 Å². The largest absolute Gasteiger partial charge is 0.292 e. The van der Waals surface area contributed by atoms with E-state index in [1.807, 2.05) is 49.4 Å². The number of rotatable bonds is 3. The quantitative estimate of drug-likeness (QED) is 0.464. The summed E-state index contributed by atoms with van der Waals surface area (Å²) >= 11 is 0. The number of aryl methyl sites for hydroxylation is 1. The first kappa shape index (κ1) is 19.6. The molecule has 0 spiro atoms. The Balaban J connectivity index is 1.50. The third kappa shape index (κ3) is 2.80. The van der Waals surface area contributed by atoms with Gasteiger partial charge >= 0.3 is 0 Å². The lowest BCUT2D eigenvalue weighted by atomic mass is 9.83. The Bertz CT molecular complexity index is 1320. The number of benzene rings is 3. The third-order valence-electron chi connectivity index (χ3n) is 6.91. The number of ketones is 1. The number of amides is 2. The van der Waals surface area contributed by atoms with Crippen LogP contribution in [0.15, 0.2) is 84.0 Å². The van der Waals surface area contributed by atoms with E-state index in [0.717, 1.165) is 16.7 Å². The Labute approximate surface area is 191 Å². The van der Waals surface area contributed by atoms with E-state index in [0.29, 0.717) is 11.3 Å². The van der Waals surface area contributed by atoms with Crippen LogP contribution in [0.2, 0.25) is 0 Å². The predicted molar refractivity (Wildman–Crippen MR) is 124 cm³/mol. The molecule has 0 unspecified atom stereocenters. The lowest BCUT2D eigenvalue weighted by Crippen LogP contribution is -2.44. The Morgan fingerprint density at radius 2 is 1.48 bits per heavy atom. The molecular formula is C27H21N3O3. The summed E-state index contributed by atoms with van der Waals surface area (Å²) in [4.78, 5) is 42.5. The SMILES string of the molecule is Cc1ccc(N2C(=O)[C@@H]3[C@H](C2=O)[C@@H]2c4ccccc4C=NN2[C@H]3C(=O)c2ccccc2)cc1. The zero-order valence-electron chi connectivity index (χ0n) is 18.0. The standard InChI is InChI=1S/C27H21N3O3/c1-16-11-13-19(14-12-16)29-26(32)21-22(27(29)33)24(25(31)17-7-3-2-4-8-17)30-23(21)20-10-6-5-9-18(20)15-28-30/h2-15,21-24H,1H3/t21-,22+,23-,24+/m0/s1. The molecule has 0 aromatic heterocycles. The Morgan fingerprint density at radius 1 is 0.818 bits per heavy atom. The Morgan fingerprint density at radius 3 is 2.24 bits per heavy atom. The minimum absolute atomic E-state index is 0.198. The van der Waals surface area contributed by atoms with Gasteiger partial charge in [-0.15, -0.1) is 0 Å². The van der Waals surface area contributed by atoms with Crippen molar-refractivity contribution in [2.75, 3.05) is 4.90 Å². The summed E-state index contributed by atoms with van der Waals surface area (Å²) in [5.41, 5.74) is 3.90. The molecule has 6 heteroatoms. The van der Waals surface area contributed by atoms with Crippen LogP contribution in [-0.2, 0) is 9.59 Å². The molecule has 2 fully saturated rings. The summed E-state index contributed by atoms with van der Waals surface area (Å²) in [6.07, 6.45) is 1.71. The van der Waals surface area contributed by atoms with E-state index in [2.05, 4.69) is 5.10 Å². The number of carbonyl (C=O) groups is 3. The van der Waals surface area contributed by atoms with Crippen molar-refractivity contribution in [1.29, 1.82) is 0 Å². The van der Waals surface area contributed by atoms with Crippen molar-refractivity contribution < 1.29 is 14.4 Å². The molecule has 3 aliphatic rings.